The Hall–Kier alpha value is -1.39. The Morgan fingerprint density at radius 3 is 2.59 bits per heavy atom. The molecule has 0 saturated heterocycles. The van der Waals surface area contributed by atoms with Crippen LogP contribution in [0, 0.1) is 0 Å². The van der Waals surface area contributed by atoms with Crippen LogP contribution in [0.5, 0.6) is 0 Å². The largest absolute Gasteiger partial charge is 0.349 e. The van der Waals surface area contributed by atoms with Crippen LogP contribution in [0.25, 0.3) is 0 Å². The van der Waals surface area contributed by atoms with E-state index in [1.54, 1.807) is 0 Å². The zero-order chi connectivity index (χ0) is 12.9. The van der Waals surface area contributed by atoms with Crippen molar-refractivity contribution in [2.75, 3.05) is 6.54 Å². The van der Waals surface area contributed by atoms with Crippen molar-refractivity contribution in [2.45, 2.75) is 52.4 Å². The third-order valence-corrected chi connectivity index (χ3v) is 2.46. The van der Waals surface area contributed by atoms with E-state index >= 15 is 0 Å². The maximum atomic E-state index is 11.7. The molecule has 5 nitrogen and oxygen atoms in total. The highest BCUT2D eigenvalue weighted by atomic mass is 16.2. The first-order chi connectivity index (χ1) is 7.95. The summed E-state index contributed by atoms with van der Waals surface area (Å²) >= 11 is 0. The Kier molecular flexibility index (Phi) is 4.66. The van der Waals surface area contributed by atoms with Gasteiger partial charge in [-0.15, -0.1) is 5.10 Å². The number of rotatable bonds is 5. The standard InChI is InChI=1S/C12H22N4O/c1-5-6-7-8-13-10(17)9-14-11(16-15-9)12(2,3)4/h5-8H2,1-4H3,(H,13,17)(H,14,15,16). The predicted molar refractivity (Wildman–Crippen MR) is 66.9 cm³/mol. The fourth-order valence-electron chi connectivity index (χ4n) is 1.35. The lowest BCUT2D eigenvalue weighted by atomic mass is 9.96. The van der Waals surface area contributed by atoms with Crippen molar-refractivity contribution < 1.29 is 4.79 Å². The van der Waals surface area contributed by atoms with Crippen molar-refractivity contribution in [3.8, 4) is 0 Å². The van der Waals surface area contributed by atoms with E-state index in [1.807, 2.05) is 20.8 Å². The first-order valence-electron chi connectivity index (χ1n) is 6.16. The van der Waals surface area contributed by atoms with Gasteiger partial charge in [0.25, 0.3) is 5.91 Å². The topological polar surface area (TPSA) is 70.7 Å². The Bertz CT molecular complexity index is 365. The van der Waals surface area contributed by atoms with E-state index in [0.29, 0.717) is 6.54 Å². The van der Waals surface area contributed by atoms with Crippen LogP contribution in [-0.2, 0) is 5.41 Å². The van der Waals surface area contributed by atoms with E-state index in [4.69, 9.17) is 0 Å². The summed E-state index contributed by atoms with van der Waals surface area (Å²) < 4.78 is 0. The molecule has 1 amide bonds. The van der Waals surface area contributed by atoms with Gasteiger partial charge in [-0.1, -0.05) is 40.5 Å². The van der Waals surface area contributed by atoms with Crippen molar-refractivity contribution in [1.82, 2.24) is 20.5 Å². The van der Waals surface area contributed by atoms with Crippen molar-refractivity contribution in [3.63, 3.8) is 0 Å². The highest BCUT2D eigenvalue weighted by Crippen LogP contribution is 2.17. The van der Waals surface area contributed by atoms with Crippen LogP contribution in [0.2, 0.25) is 0 Å². The van der Waals surface area contributed by atoms with Gasteiger partial charge in [0.2, 0.25) is 5.82 Å². The molecule has 0 radical (unpaired) electrons. The number of carbonyl (C=O) groups excluding carboxylic acids is 1. The molecule has 0 aliphatic carbocycles. The average molecular weight is 238 g/mol. The molecular formula is C12H22N4O. The molecule has 0 atom stereocenters. The second-order valence-electron chi connectivity index (χ2n) is 5.22. The minimum Gasteiger partial charge on any atom is -0.349 e. The molecule has 2 N–H and O–H groups in total. The highest BCUT2D eigenvalue weighted by molar-refractivity contribution is 5.90. The monoisotopic (exact) mass is 238 g/mol. The van der Waals surface area contributed by atoms with Crippen LogP contribution in [0.1, 0.15) is 63.4 Å². The van der Waals surface area contributed by atoms with Crippen molar-refractivity contribution in [3.05, 3.63) is 11.6 Å². The number of hydrogen-bond acceptors (Lipinski definition) is 3. The first-order valence-corrected chi connectivity index (χ1v) is 6.16. The fraction of sp³-hybridized carbons (Fsp3) is 0.750. The van der Waals surface area contributed by atoms with Gasteiger partial charge in [0.1, 0.15) is 5.82 Å². The molecule has 0 bridgehead atoms. The number of amides is 1. The third-order valence-electron chi connectivity index (χ3n) is 2.46. The Morgan fingerprint density at radius 1 is 1.35 bits per heavy atom. The summed E-state index contributed by atoms with van der Waals surface area (Å²) in [7, 11) is 0. The molecule has 0 aliphatic rings. The predicted octanol–water partition coefficient (Wildman–Crippen LogP) is 2.02. The summed E-state index contributed by atoms with van der Waals surface area (Å²) in [6.07, 6.45) is 3.27. The molecule has 17 heavy (non-hydrogen) atoms. The number of carbonyl (C=O) groups is 1. The van der Waals surface area contributed by atoms with E-state index in [-0.39, 0.29) is 17.1 Å². The lowest BCUT2D eigenvalue weighted by molar-refractivity contribution is 0.0943. The summed E-state index contributed by atoms with van der Waals surface area (Å²) in [4.78, 5) is 15.9. The SMILES string of the molecule is CCCCCNC(=O)c1n[nH]c(C(C)(C)C)n1. The molecule has 1 heterocycles. The maximum absolute atomic E-state index is 11.7. The van der Waals surface area contributed by atoms with Crippen LogP contribution >= 0.6 is 0 Å². The lowest BCUT2D eigenvalue weighted by Gasteiger charge is -2.12. The van der Waals surface area contributed by atoms with Crippen molar-refractivity contribution >= 4 is 5.91 Å². The quantitative estimate of drug-likeness (QED) is 0.771. The van der Waals surface area contributed by atoms with Crippen molar-refractivity contribution in [1.29, 1.82) is 0 Å². The zero-order valence-electron chi connectivity index (χ0n) is 11.1. The summed E-state index contributed by atoms with van der Waals surface area (Å²) in [5.41, 5.74) is -0.117. The first kappa shape index (κ1) is 13.7. The molecule has 1 rings (SSSR count). The summed E-state index contributed by atoms with van der Waals surface area (Å²) in [6, 6.07) is 0. The Labute approximate surface area is 102 Å². The van der Waals surface area contributed by atoms with Gasteiger partial charge < -0.3 is 5.32 Å². The van der Waals surface area contributed by atoms with Crippen LogP contribution in [-0.4, -0.2) is 27.6 Å². The zero-order valence-corrected chi connectivity index (χ0v) is 11.1. The summed E-state index contributed by atoms with van der Waals surface area (Å²) in [5, 5.41) is 9.55. The number of H-pyrrole nitrogens is 1. The Balaban J connectivity index is 2.50. The van der Waals surface area contributed by atoms with Crippen LogP contribution in [0.3, 0.4) is 0 Å². The average Bonchev–Trinajstić information content (AvgIpc) is 2.72. The molecule has 1 aromatic heterocycles. The minimum atomic E-state index is -0.201. The minimum absolute atomic E-state index is 0.117. The van der Waals surface area contributed by atoms with E-state index in [2.05, 4.69) is 27.4 Å². The lowest BCUT2D eigenvalue weighted by Crippen LogP contribution is -2.25. The number of unbranched alkanes of at least 4 members (excludes halogenated alkanes) is 2. The number of aromatic nitrogens is 3. The van der Waals surface area contributed by atoms with Gasteiger partial charge in [0.05, 0.1) is 0 Å². The van der Waals surface area contributed by atoms with Gasteiger partial charge in [-0.25, -0.2) is 4.98 Å². The number of aromatic amines is 1. The molecule has 0 unspecified atom stereocenters. The molecule has 0 aromatic carbocycles. The molecule has 96 valence electrons. The van der Waals surface area contributed by atoms with Gasteiger partial charge in [-0.2, -0.15) is 0 Å². The molecule has 0 aliphatic heterocycles. The summed E-state index contributed by atoms with van der Waals surface area (Å²) in [5.74, 6) is 0.760. The van der Waals surface area contributed by atoms with Gasteiger partial charge in [-0.05, 0) is 6.42 Å². The number of hydrogen-bond donors (Lipinski definition) is 2. The molecular weight excluding hydrogens is 216 g/mol. The van der Waals surface area contributed by atoms with Crippen LogP contribution in [0.15, 0.2) is 0 Å². The molecule has 1 aromatic rings. The fourth-order valence-corrected chi connectivity index (χ4v) is 1.35. The van der Waals surface area contributed by atoms with Crippen LogP contribution < -0.4 is 5.32 Å². The molecule has 0 saturated carbocycles. The second-order valence-corrected chi connectivity index (χ2v) is 5.22. The van der Waals surface area contributed by atoms with E-state index in [0.717, 1.165) is 25.1 Å². The van der Waals surface area contributed by atoms with E-state index < -0.39 is 0 Å². The smallest absolute Gasteiger partial charge is 0.290 e. The van der Waals surface area contributed by atoms with Gasteiger partial charge >= 0.3 is 0 Å². The molecule has 0 spiro atoms. The van der Waals surface area contributed by atoms with Gasteiger partial charge in [0.15, 0.2) is 0 Å². The summed E-state index contributed by atoms with van der Waals surface area (Å²) in [6.45, 7) is 8.89. The van der Waals surface area contributed by atoms with Crippen LogP contribution in [0.4, 0.5) is 0 Å². The maximum Gasteiger partial charge on any atom is 0.290 e. The molecule has 0 fully saturated rings. The van der Waals surface area contributed by atoms with E-state index in [1.165, 1.54) is 0 Å². The highest BCUT2D eigenvalue weighted by Gasteiger charge is 2.20. The van der Waals surface area contributed by atoms with E-state index in [9.17, 15) is 4.79 Å². The third kappa shape index (κ3) is 4.17. The van der Waals surface area contributed by atoms with Crippen molar-refractivity contribution in [2.24, 2.45) is 0 Å². The number of nitrogens with one attached hydrogen (secondary N) is 2. The number of nitrogens with zero attached hydrogens (tertiary/aromatic N) is 2. The van der Waals surface area contributed by atoms with Gasteiger partial charge in [-0.3, -0.25) is 9.89 Å². The Morgan fingerprint density at radius 2 is 2.06 bits per heavy atom. The normalized spacial score (nSPS) is 11.5. The molecule has 5 heteroatoms. The van der Waals surface area contributed by atoms with Gasteiger partial charge in [0, 0.05) is 12.0 Å². The second kappa shape index (κ2) is 5.80.